The van der Waals surface area contributed by atoms with Crippen LogP contribution in [0.15, 0.2) is 48.5 Å². The van der Waals surface area contributed by atoms with Crippen molar-refractivity contribution in [1.82, 2.24) is 4.90 Å². The molecule has 1 saturated heterocycles. The van der Waals surface area contributed by atoms with Gasteiger partial charge in [0.1, 0.15) is 18.2 Å². The van der Waals surface area contributed by atoms with E-state index >= 15 is 0 Å². The van der Waals surface area contributed by atoms with E-state index in [0.29, 0.717) is 27.6 Å². The largest absolute Gasteiger partial charge is 0.480 e. The highest BCUT2D eigenvalue weighted by Gasteiger charge is 2.48. The van der Waals surface area contributed by atoms with Gasteiger partial charge in [-0.1, -0.05) is 60.8 Å². The van der Waals surface area contributed by atoms with Crippen molar-refractivity contribution in [2.24, 2.45) is 5.73 Å². The number of hydrogen-bond acceptors (Lipinski definition) is 4. The monoisotopic (exact) mass is 478 g/mol. The second kappa shape index (κ2) is 10.3. The number of carbonyl (C=O) groups excluding carboxylic acids is 2. The summed E-state index contributed by atoms with van der Waals surface area (Å²) in [6.07, 6.45) is -1.53. The van der Waals surface area contributed by atoms with Crippen LogP contribution in [-0.4, -0.2) is 39.9 Å². The maximum Gasteiger partial charge on any atom is 0.326 e. The van der Waals surface area contributed by atoms with E-state index in [9.17, 15) is 19.5 Å². The van der Waals surface area contributed by atoms with Crippen molar-refractivity contribution in [3.63, 3.8) is 0 Å². The maximum atomic E-state index is 13.4. The topological polar surface area (TPSA) is 110 Å². The van der Waals surface area contributed by atoms with Crippen molar-refractivity contribution in [2.75, 3.05) is 0 Å². The average molecular weight is 479 g/mol. The number of carbonyl (C=O) groups is 3. The molecule has 1 fully saturated rings. The van der Waals surface area contributed by atoms with E-state index in [4.69, 9.17) is 33.7 Å². The first-order valence-electron chi connectivity index (χ1n) is 10.2. The van der Waals surface area contributed by atoms with E-state index in [1.165, 1.54) is 4.90 Å². The van der Waals surface area contributed by atoms with Gasteiger partial charge in [0.25, 0.3) is 5.91 Å². The molecule has 0 spiro atoms. The molecule has 2 aromatic rings. The lowest BCUT2D eigenvalue weighted by Crippen LogP contribution is -2.57. The highest BCUT2D eigenvalue weighted by molar-refractivity contribution is 6.30. The predicted octanol–water partition coefficient (Wildman–Crippen LogP) is 4.13. The van der Waals surface area contributed by atoms with Gasteiger partial charge in [0.15, 0.2) is 0 Å². The summed E-state index contributed by atoms with van der Waals surface area (Å²) in [6, 6.07) is 11.8. The molecular weight excluding hydrogens is 455 g/mol. The lowest BCUT2D eigenvalue weighted by molar-refractivity contribution is -0.186. The van der Waals surface area contributed by atoms with Crippen LogP contribution < -0.4 is 5.73 Å². The number of aliphatic carboxylic acids is 1. The standard InChI is InChI=1S/C23H24Cl2N2O5/c1-2-3-17(23(30)31)27-20(13-4-8-15(24)9-5-13)21(14-6-10-16(25)11-7-14)32-18(22(27)29)12-19(26)28/h4-11,17-18,20-21H,2-3,12H2,1H3,(H2,26,28)(H,30,31)/t17-,18+,20-,21+/m0/s1. The number of rotatable bonds is 8. The summed E-state index contributed by atoms with van der Waals surface area (Å²) in [7, 11) is 0. The van der Waals surface area contributed by atoms with E-state index in [1.54, 1.807) is 48.5 Å². The molecule has 9 heteroatoms. The van der Waals surface area contributed by atoms with Crippen molar-refractivity contribution >= 4 is 41.0 Å². The zero-order chi connectivity index (χ0) is 23.4. The average Bonchev–Trinajstić information content (AvgIpc) is 2.74. The molecule has 0 bridgehead atoms. The van der Waals surface area contributed by atoms with Crippen LogP contribution in [0.1, 0.15) is 49.5 Å². The number of carboxylic acid groups (broad SMARTS) is 1. The Morgan fingerprint density at radius 1 is 1.06 bits per heavy atom. The Morgan fingerprint density at radius 2 is 1.59 bits per heavy atom. The first-order chi connectivity index (χ1) is 15.2. The number of ether oxygens (including phenoxy) is 1. The number of benzene rings is 2. The number of morpholine rings is 1. The van der Waals surface area contributed by atoms with Crippen molar-refractivity contribution in [2.45, 2.75) is 50.5 Å². The molecule has 32 heavy (non-hydrogen) atoms. The Balaban J connectivity index is 2.19. The number of nitrogens with two attached hydrogens (primary N) is 1. The molecule has 1 aliphatic heterocycles. The number of hydrogen-bond donors (Lipinski definition) is 2. The Kier molecular flexibility index (Phi) is 7.77. The van der Waals surface area contributed by atoms with Gasteiger partial charge in [0.2, 0.25) is 5.91 Å². The molecule has 0 aliphatic carbocycles. The number of primary amides is 1. The molecule has 0 radical (unpaired) electrons. The van der Waals surface area contributed by atoms with Gasteiger partial charge >= 0.3 is 5.97 Å². The highest BCUT2D eigenvalue weighted by Crippen LogP contribution is 2.44. The van der Waals surface area contributed by atoms with E-state index in [1.807, 2.05) is 6.92 Å². The summed E-state index contributed by atoms with van der Waals surface area (Å²) in [5, 5.41) is 11.0. The third-order valence-corrected chi connectivity index (χ3v) is 5.91. The lowest BCUT2D eigenvalue weighted by atomic mass is 9.89. The van der Waals surface area contributed by atoms with Crippen LogP contribution in [-0.2, 0) is 19.1 Å². The zero-order valence-electron chi connectivity index (χ0n) is 17.4. The van der Waals surface area contributed by atoms with E-state index < -0.39 is 42.1 Å². The van der Waals surface area contributed by atoms with Gasteiger partial charge in [-0.15, -0.1) is 0 Å². The van der Waals surface area contributed by atoms with Gasteiger partial charge in [-0.05, 0) is 41.8 Å². The highest BCUT2D eigenvalue weighted by atomic mass is 35.5. The Hall–Kier alpha value is -2.61. The molecule has 0 unspecified atom stereocenters. The van der Waals surface area contributed by atoms with Crippen molar-refractivity contribution in [3.05, 3.63) is 69.7 Å². The third kappa shape index (κ3) is 5.23. The predicted molar refractivity (Wildman–Crippen MR) is 120 cm³/mol. The van der Waals surface area contributed by atoms with E-state index in [2.05, 4.69) is 0 Å². The fraction of sp³-hybridized carbons (Fsp3) is 0.348. The molecule has 170 valence electrons. The van der Waals surface area contributed by atoms with Gasteiger partial charge in [-0.3, -0.25) is 9.59 Å². The van der Waals surface area contributed by atoms with Crippen LogP contribution in [0.4, 0.5) is 0 Å². The van der Waals surface area contributed by atoms with Crippen LogP contribution in [0.3, 0.4) is 0 Å². The van der Waals surface area contributed by atoms with Gasteiger partial charge in [0.05, 0.1) is 12.5 Å². The van der Waals surface area contributed by atoms with Gasteiger partial charge < -0.3 is 20.5 Å². The smallest absolute Gasteiger partial charge is 0.326 e. The molecule has 3 N–H and O–H groups in total. The fourth-order valence-corrected chi connectivity index (χ4v) is 4.24. The van der Waals surface area contributed by atoms with Crippen LogP contribution in [0.25, 0.3) is 0 Å². The molecule has 3 rings (SSSR count). The molecule has 4 atom stereocenters. The molecular formula is C23H24Cl2N2O5. The van der Waals surface area contributed by atoms with Crippen LogP contribution in [0.2, 0.25) is 10.0 Å². The SMILES string of the molecule is CCC[C@@H](C(=O)O)N1C(=O)[C@@H](CC(N)=O)O[C@H](c2ccc(Cl)cc2)[C@@H]1c1ccc(Cl)cc1. The van der Waals surface area contributed by atoms with Gasteiger partial charge in [-0.25, -0.2) is 4.79 Å². The summed E-state index contributed by atoms with van der Waals surface area (Å²) in [5.74, 6) is -2.44. The molecule has 0 saturated carbocycles. The van der Waals surface area contributed by atoms with Crippen LogP contribution >= 0.6 is 23.2 Å². The van der Waals surface area contributed by atoms with E-state index in [-0.39, 0.29) is 12.8 Å². The third-order valence-electron chi connectivity index (χ3n) is 5.41. The minimum atomic E-state index is -1.20. The molecule has 0 aromatic heterocycles. The Labute approximate surface area is 196 Å². The normalized spacial score (nSPS) is 21.9. The molecule has 2 aromatic carbocycles. The summed E-state index contributed by atoms with van der Waals surface area (Å²) in [4.78, 5) is 38.6. The summed E-state index contributed by atoms with van der Waals surface area (Å²) in [6.45, 7) is 1.84. The van der Waals surface area contributed by atoms with Gasteiger partial charge in [-0.2, -0.15) is 0 Å². The quantitative estimate of drug-likeness (QED) is 0.592. The zero-order valence-corrected chi connectivity index (χ0v) is 18.9. The number of carboxylic acids is 1. The molecule has 1 aliphatic rings. The molecule has 1 heterocycles. The van der Waals surface area contributed by atoms with Crippen molar-refractivity contribution in [3.8, 4) is 0 Å². The lowest BCUT2D eigenvalue weighted by Gasteiger charge is -2.47. The first kappa shape index (κ1) is 24.0. The summed E-state index contributed by atoms with van der Waals surface area (Å²) < 4.78 is 6.11. The first-order valence-corrected chi connectivity index (χ1v) is 11.0. The Bertz CT molecular complexity index is 981. The fourth-order valence-electron chi connectivity index (χ4n) is 3.99. The molecule has 2 amide bonds. The molecule has 7 nitrogen and oxygen atoms in total. The minimum Gasteiger partial charge on any atom is -0.480 e. The second-order valence-electron chi connectivity index (χ2n) is 7.65. The van der Waals surface area contributed by atoms with Crippen LogP contribution in [0, 0.1) is 0 Å². The van der Waals surface area contributed by atoms with Gasteiger partial charge in [0, 0.05) is 10.0 Å². The van der Waals surface area contributed by atoms with E-state index in [0.717, 1.165) is 0 Å². The number of amides is 2. The number of nitrogens with zero attached hydrogens (tertiary/aromatic N) is 1. The summed E-state index contributed by atoms with van der Waals surface area (Å²) >= 11 is 12.1. The second-order valence-corrected chi connectivity index (χ2v) is 8.52. The maximum absolute atomic E-state index is 13.4. The van der Waals surface area contributed by atoms with Crippen molar-refractivity contribution in [1.29, 1.82) is 0 Å². The van der Waals surface area contributed by atoms with Crippen LogP contribution in [0.5, 0.6) is 0 Å². The minimum absolute atomic E-state index is 0.238. The summed E-state index contributed by atoms with van der Waals surface area (Å²) in [5.41, 5.74) is 6.69. The Morgan fingerprint density at radius 3 is 2.06 bits per heavy atom. The number of halogens is 2. The van der Waals surface area contributed by atoms with Crippen molar-refractivity contribution < 1.29 is 24.2 Å².